The van der Waals surface area contributed by atoms with Crippen molar-refractivity contribution in [3.8, 4) is 0 Å². The largest absolute Gasteiger partial charge is 0.309 e. The number of rotatable bonds is 10. The molecular weight excluding hydrogens is 262 g/mol. The Morgan fingerprint density at radius 3 is 2.55 bits per heavy atom. The molecular formula is C18H31NS. The molecule has 0 radical (unpaired) electrons. The van der Waals surface area contributed by atoms with Crippen molar-refractivity contribution >= 4 is 11.8 Å². The zero-order chi connectivity index (χ0) is 14.8. The van der Waals surface area contributed by atoms with Crippen molar-refractivity contribution in [2.24, 2.45) is 5.92 Å². The lowest BCUT2D eigenvalue weighted by atomic mass is 10.0. The van der Waals surface area contributed by atoms with Crippen LogP contribution in [0.25, 0.3) is 0 Å². The molecule has 0 bridgehead atoms. The zero-order valence-electron chi connectivity index (χ0n) is 13.6. The fraction of sp³-hybridized carbons (Fsp3) is 0.667. The average Bonchev–Trinajstić information content (AvgIpc) is 2.43. The highest BCUT2D eigenvalue weighted by Gasteiger charge is 2.11. The van der Waals surface area contributed by atoms with Crippen molar-refractivity contribution in [2.45, 2.75) is 53.0 Å². The molecule has 1 aromatic rings. The molecule has 1 nitrogen and oxygen atoms in total. The standard InChI is InChI=1S/C18H31NS/c1-5-8-16-9-7-10-17(12-16)18(19-11-6-2)14-20-13-15(3)4/h7,9-10,12,15,18-19H,5-6,8,11,13-14H2,1-4H3. The van der Waals surface area contributed by atoms with Crippen molar-refractivity contribution in [1.82, 2.24) is 5.32 Å². The van der Waals surface area contributed by atoms with Crippen molar-refractivity contribution < 1.29 is 0 Å². The van der Waals surface area contributed by atoms with Crippen LogP contribution in [0.4, 0.5) is 0 Å². The summed E-state index contributed by atoms with van der Waals surface area (Å²) in [6, 6.07) is 9.64. The Morgan fingerprint density at radius 2 is 1.90 bits per heavy atom. The van der Waals surface area contributed by atoms with Crippen LogP contribution < -0.4 is 5.32 Å². The third kappa shape index (κ3) is 6.81. The van der Waals surface area contributed by atoms with Crippen LogP contribution in [0.5, 0.6) is 0 Å². The van der Waals surface area contributed by atoms with Crippen molar-refractivity contribution in [3.63, 3.8) is 0 Å². The van der Waals surface area contributed by atoms with Gasteiger partial charge in [0.25, 0.3) is 0 Å². The maximum absolute atomic E-state index is 3.71. The molecule has 0 saturated carbocycles. The number of thioether (sulfide) groups is 1. The van der Waals surface area contributed by atoms with E-state index in [9.17, 15) is 0 Å². The lowest BCUT2D eigenvalue weighted by Gasteiger charge is -2.20. The minimum absolute atomic E-state index is 0.496. The van der Waals surface area contributed by atoms with Gasteiger partial charge in [-0.25, -0.2) is 0 Å². The van der Waals surface area contributed by atoms with E-state index in [4.69, 9.17) is 0 Å². The van der Waals surface area contributed by atoms with Crippen molar-refractivity contribution in [1.29, 1.82) is 0 Å². The summed E-state index contributed by atoms with van der Waals surface area (Å²) in [5, 5.41) is 3.71. The second-order valence-corrected chi connectivity index (χ2v) is 7.01. The molecule has 1 unspecified atom stereocenters. The Labute approximate surface area is 129 Å². The molecule has 0 aliphatic heterocycles. The van der Waals surface area contributed by atoms with Crippen molar-refractivity contribution in [2.75, 3.05) is 18.1 Å². The van der Waals surface area contributed by atoms with Gasteiger partial charge in [0, 0.05) is 11.8 Å². The van der Waals surface area contributed by atoms with E-state index in [1.807, 2.05) is 0 Å². The predicted molar refractivity (Wildman–Crippen MR) is 93.6 cm³/mol. The van der Waals surface area contributed by atoms with Gasteiger partial charge in [-0.15, -0.1) is 0 Å². The van der Waals surface area contributed by atoms with E-state index in [2.05, 4.69) is 69.0 Å². The molecule has 0 aromatic heterocycles. The van der Waals surface area contributed by atoms with Crippen LogP contribution in [-0.2, 0) is 6.42 Å². The predicted octanol–water partition coefficient (Wildman–Crippen LogP) is 5.07. The summed E-state index contributed by atoms with van der Waals surface area (Å²) in [5.41, 5.74) is 2.93. The van der Waals surface area contributed by atoms with Crippen LogP contribution in [0.2, 0.25) is 0 Å². The second-order valence-electron chi connectivity index (χ2n) is 5.93. The van der Waals surface area contributed by atoms with Crippen molar-refractivity contribution in [3.05, 3.63) is 35.4 Å². The average molecular weight is 294 g/mol. The Morgan fingerprint density at radius 1 is 1.10 bits per heavy atom. The van der Waals surface area contributed by atoms with Crippen LogP contribution >= 0.6 is 11.8 Å². The first-order valence-electron chi connectivity index (χ1n) is 8.07. The van der Waals surface area contributed by atoms with Gasteiger partial charge in [-0.1, -0.05) is 58.4 Å². The van der Waals surface area contributed by atoms with Gasteiger partial charge in [0.15, 0.2) is 0 Å². The van der Waals surface area contributed by atoms with Gasteiger partial charge < -0.3 is 5.32 Å². The molecule has 1 aromatic carbocycles. The topological polar surface area (TPSA) is 12.0 Å². The molecule has 1 atom stereocenters. The van der Waals surface area contributed by atoms with Gasteiger partial charge in [-0.2, -0.15) is 11.8 Å². The quantitative estimate of drug-likeness (QED) is 0.646. The number of benzene rings is 1. The van der Waals surface area contributed by atoms with E-state index in [1.54, 1.807) is 0 Å². The number of hydrogen-bond acceptors (Lipinski definition) is 2. The summed E-state index contributed by atoms with van der Waals surface area (Å²) in [4.78, 5) is 0. The van der Waals surface area contributed by atoms with Gasteiger partial charge in [0.2, 0.25) is 0 Å². The molecule has 2 heteroatoms. The summed E-state index contributed by atoms with van der Waals surface area (Å²) in [6.07, 6.45) is 3.60. The molecule has 0 heterocycles. The Bertz CT molecular complexity index is 362. The van der Waals surface area contributed by atoms with E-state index >= 15 is 0 Å². The van der Waals surface area contributed by atoms with Crippen LogP contribution in [0.1, 0.15) is 57.7 Å². The molecule has 114 valence electrons. The first kappa shape index (κ1) is 17.6. The lowest BCUT2D eigenvalue weighted by Crippen LogP contribution is -2.24. The van der Waals surface area contributed by atoms with E-state index in [-0.39, 0.29) is 0 Å². The van der Waals surface area contributed by atoms with Gasteiger partial charge in [0.1, 0.15) is 0 Å². The summed E-state index contributed by atoms with van der Waals surface area (Å²) in [5.74, 6) is 3.20. The molecule has 20 heavy (non-hydrogen) atoms. The fourth-order valence-electron chi connectivity index (χ4n) is 2.27. The van der Waals surface area contributed by atoms with Gasteiger partial charge in [-0.3, -0.25) is 0 Å². The smallest absolute Gasteiger partial charge is 0.0411 e. The Kier molecular flexibility index (Phi) is 9.04. The normalized spacial score (nSPS) is 12.8. The molecule has 1 rings (SSSR count). The second kappa shape index (κ2) is 10.3. The number of nitrogens with one attached hydrogen (secondary N) is 1. The highest BCUT2D eigenvalue weighted by molar-refractivity contribution is 7.99. The number of aryl methyl sites for hydroxylation is 1. The molecule has 0 aliphatic carbocycles. The molecule has 0 aliphatic rings. The summed E-state index contributed by atoms with van der Waals surface area (Å²) < 4.78 is 0. The molecule has 1 N–H and O–H groups in total. The first-order valence-corrected chi connectivity index (χ1v) is 9.22. The van der Waals surface area contributed by atoms with Crippen LogP contribution in [0.15, 0.2) is 24.3 Å². The van der Waals surface area contributed by atoms with E-state index in [0.29, 0.717) is 6.04 Å². The minimum atomic E-state index is 0.496. The molecule has 0 saturated heterocycles. The SMILES string of the molecule is CCCNC(CSCC(C)C)c1cccc(CCC)c1. The van der Waals surface area contributed by atoms with E-state index in [1.165, 1.54) is 41.9 Å². The molecule has 0 amide bonds. The van der Waals surface area contributed by atoms with Crippen LogP contribution in [0, 0.1) is 5.92 Å². The van der Waals surface area contributed by atoms with Gasteiger partial charge in [-0.05, 0) is 42.2 Å². The van der Waals surface area contributed by atoms with Gasteiger partial charge >= 0.3 is 0 Å². The molecule has 0 spiro atoms. The third-order valence-electron chi connectivity index (χ3n) is 3.27. The fourth-order valence-corrected chi connectivity index (χ4v) is 3.42. The van der Waals surface area contributed by atoms with E-state index in [0.717, 1.165) is 12.5 Å². The van der Waals surface area contributed by atoms with Gasteiger partial charge in [0.05, 0.1) is 0 Å². The number of hydrogen-bond donors (Lipinski definition) is 1. The monoisotopic (exact) mass is 293 g/mol. The highest BCUT2D eigenvalue weighted by Crippen LogP contribution is 2.21. The Hall–Kier alpha value is -0.470. The lowest BCUT2D eigenvalue weighted by molar-refractivity contribution is 0.576. The molecule has 0 fully saturated rings. The summed E-state index contributed by atoms with van der Waals surface area (Å²) >= 11 is 2.07. The van der Waals surface area contributed by atoms with E-state index < -0.39 is 0 Å². The van der Waals surface area contributed by atoms with Crippen LogP contribution in [0.3, 0.4) is 0 Å². The maximum atomic E-state index is 3.71. The Balaban J connectivity index is 2.67. The third-order valence-corrected chi connectivity index (χ3v) is 4.74. The minimum Gasteiger partial charge on any atom is -0.309 e. The zero-order valence-corrected chi connectivity index (χ0v) is 14.4. The van der Waals surface area contributed by atoms with Crippen LogP contribution in [-0.4, -0.2) is 18.1 Å². The maximum Gasteiger partial charge on any atom is 0.0411 e. The summed E-state index contributed by atoms with van der Waals surface area (Å²) in [6.45, 7) is 10.2. The highest BCUT2D eigenvalue weighted by atomic mass is 32.2. The summed E-state index contributed by atoms with van der Waals surface area (Å²) in [7, 11) is 0. The first-order chi connectivity index (χ1) is 9.67.